The van der Waals surface area contributed by atoms with E-state index in [1.54, 1.807) is 6.07 Å². The molecule has 2 N–H and O–H groups in total. The molecule has 1 amide bonds. The molecule has 0 aliphatic carbocycles. The lowest BCUT2D eigenvalue weighted by Gasteiger charge is -2.12. The molecule has 0 aromatic heterocycles. The van der Waals surface area contributed by atoms with Crippen molar-refractivity contribution in [1.82, 2.24) is 5.32 Å². The van der Waals surface area contributed by atoms with E-state index in [0.29, 0.717) is 5.75 Å². The van der Waals surface area contributed by atoms with Crippen LogP contribution in [0.15, 0.2) is 53.0 Å². The third-order valence-corrected chi connectivity index (χ3v) is 3.77. The molecule has 2 rings (SSSR count). The summed E-state index contributed by atoms with van der Waals surface area (Å²) in [5.41, 5.74) is 2.10. The number of carboxylic acids is 1. The number of carbonyl (C=O) groups excluding carboxylic acids is 1. The Kier molecular flexibility index (Phi) is 5.76. The highest BCUT2D eigenvalue weighted by atomic mass is 79.9. The van der Waals surface area contributed by atoms with Crippen LogP contribution in [0.3, 0.4) is 0 Å². The first-order chi connectivity index (χ1) is 11.0. The molecule has 0 saturated heterocycles. The molecule has 0 heterocycles. The fourth-order valence-electron chi connectivity index (χ4n) is 1.92. The van der Waals surface area contributed by atoms with Gasteiger partial charge in [-0.1, -0.05) is 36.4 Å². The van der Waals surface area contributed by atoms with Crippen LogP contribution in [0.1, 0.15) is 6.92 Å². The summed E-state index contributed by atoms with van der Waals surface area (Å²) in [6, 6.07) is 14.5. The first kappa shape index (κ1) is 17.0. The molecule has 0 aliphatic rings. The van der Waals surface area contributed by atoms with Crippen molar-refractivity contribution in [1.29, 1.82) is 0 Å². The summed E-state index contributed by atoms with van der Waals surface area (Å²) in [5.74, 6) is -1.06. The van der Waals surface area contributed by atoms with Crippen LogP contribution in [0.4, 0.5) is 0 Å². The molecule has 120 valence electrons. The van der Waals surface area contributed by atoms with Crippen molar-refractivity contribution in [2.75, 3.05) is 6.61 Å². The van der Waals surface area contributed by atoms with Crippen molar-refractivity contribution >= 4 is 27.8 Å². The van der Waals surface area contributed by atoms with Crippen molar-refractivity contribution < 1.29 is 19.4 Å². The number of amides is 1. The van der Waals surface area contributed by atoms with Gasteiger partial charge in [-0.2, -0.15) is 0 Å². The number of aliphatic carboxylic acids is 1. The summed E-state index contributed by atoms with van der Waals surface area (Å²) in [6.07, 6.45) is 0. The largest absolute Gasteiger partial charge is 0.483 e. The summed E-state index contributed by atoms with van der Waals surface area (Å²) in [4.78, 5) is 22.3. The van der Waals surface area contributed by atoms with Gasteiger partial charge in [0.25, 0.3) is 5.91 Å². The molecule has 0 bridgehead atoms. The Hall–Kier alpha value is -2.34. The van der Waals surface area contributed by atoms with E-state index in [4.69, 9.17) is 9.84 Å². The van der Waals surface area contributed by atoms with Crippen LogP contribution in [0.5, 0.6) is 5.75 Å². The van der Waals surface area contributed by atoms with Crippen LogP contribution >= 0.6 is 15.9 Å². The van der Waals surface area contributed by atoms with E-state index in [1.807, 2.05) is 42.5 Å². The number of benzene rings is 2. The molecule has 0 radical (unpaired) electrons. The number of ether oxygens (including phenoxy) is 1. The number of halogens is 1. The van der Waals surface area contributed by atoms with E-state index in [1.165, 1.54) is 6.92 Å². The monoisotopic (exact) mass is 377 g/mol. The summed E-state index contributed by atoms with van der Waals surface area (Å²) in [7, 11) is 0. The molecule has 1 unspecified atom stereocenters. The number of carbonyl (C=O) groups is 2. The molecule has 2 aromatic rings. The second-order valence-electron chi connectivity index (χ2n) is 4.93. The average Bonchev–Trinajstić information content (AvgIpc) is 2.54. The molecule has 5 nitrogen and oxygen atoms in total. The van der Waals surface area contributed by atoms with E-state index >= 15 is 0 Å². The first-order valence-corrected chi connectivity index (χ1v) is 7.76. The summed E-state index contributed by atoms with van der Waals surface area (Å²) >= 11 is 3.42. The van der Waals surface area contributed by atoms with E-state index in [2.05, 4.69) is 21.2 Å². The standard InChI is InChI=1S/C17H16BrNO4/c1-11(17(21)22)19-16(20)10-23-15-8-7-13(9-14(15)18)12-5-3-2-4-6-12/h2-9,11H,10H2,1H3,(H,19,20)(H,21,22). The number of hydrogen-bond acceptors (Lipinski definition) is 3. The second kappa shape index (κ2) is 7.78. The summed E-state index contributed by atoms with van der Waals surface area (Å²) in [6.45, 7) is 1.14. The predicted octanol–water partition coefficient (Wildman–Crippen LogP) is 3.08. The smallest absolute Gasteiger partial charge is 0.325 e. The molecule has 2 aromatic carbocycles. The maximum absolute atomic E-state index is 11.6. The van der Waals surface area contributed by atoms with Gasteiger partial charge in [0, 0.05) is 0 Å². The minimum absolute atomic E-state index is 0.249. The average molecular weight is 378 g/mol. The second-order valence-corrected chi connectivity index (χ2v) is 5.78. The maximum atomic E-state index is 11.6. The lowest BCUT2D eigenvalue weighted by atomic mass is 10.1. The molecule has 6 heteroatoms. The van der Waals surface area contributed by atoms with Gasteiger partial charge < -0.3 is 15.2 Å². The SMILES string of the molecule is CC(NC(=O)COc1ccc(-c2ccccc2)cc1Br)C(=O)O. The zero-order chi connectivity index (χ0) is 16.8. The Balaban J connectivity index is 1.99. The van der Waals surface area contributed by atoms with Crippen LogP contribution < -0.4 is 10.1 Å². The molecule has 1 atom stereocenters. The fraction of sp³-hybridized carbons (Fsp3) is 0.176. The summed E-state index contributed by atoms with van der Waals surface area (Å²) < 4.78 is 6.14. The Morgan fingerprint density at radius 3 is 2.48 bits per heavy atom. The number of carboxylic acid groups (broad SMARTS) is 1. The van der Waals surface area contributed by atoms with E-state index in [9.17, 15) is 9.59 Å². The third kappa shape index (κ3) is 4.82. The van der Waals surface area contributed by atoms with Gasteiger partial charge in [-0.3, -0.25) is 9.59 Å². The Morgan fingerprint density at radius 1 is 1.17 bits per heavy atom. The first-order valence-electron chi connectivity index (χ1n) is 6.97. The molecular weight excluding hydrogens is 362 g/mol. The van der Waals surface area contributed by atoms with Crippen LogP contribution in [-0.2, 0) is 9.59 Å². The predicted molar refractivity (Wildman–Crippen MR) is 90.3 cm³/mol. The highest BCUT2D eigenvalue weighted by Crippen LogP contribution is 2.30. The number of rotatable bonds is 6. The third-order valence-electron chi connectivity index (χ3n) is 3.15. The van der Waals surface area contributed by atoms with Gasteiger partial charge >= 0.3 is 5.97 Å². The van der Waals surface area contributed by atoms with Crippen molar-refractivity contribution in [3.63, 3.8) is 0 Å². The van der Waals surface area contributed by atoms with Gasteiger partial charge in [0.05, 0.1) is 4.47 Å². The van der Waals surface area contributed by atoms with Gasteiger partial charge in [0.15, 0.2) is 6.61 Å². The van der Waals surface area contributed by atoms with Crippen molar-refractivity contribution in [2.24, 2.45) is 0 Å². The fourth-order valence-corrected chi connectivity index (χ4v) is 2.41. The Morgan fingerprint density at radius 2 is 1.87 bits per heavy atom. The molecular formula is C17H16BrNO4. The lowest BCUT2D eigenvalue weighted by molar-refractivity contribution is -0.141. The zero-order valence-electron chi connectivity index (χ0n) is 12.5. The van der Waals surface area contributed by atoms with Gasteiger partial charge in [0.2, 0.25) is 0 Å². The number of hydrogen-bond donors (Lipinski definition) is 2. The molecule has 23 heavy (non-hydrogen) atoms. The highest BCUT2D eigenvalue weighted by molar-refractivity contribution is 9.10. The molecule has 0 aliphatic heterocycles. The van der Waals surface area contributed by atoms with Gasteiger partial charge in [-0.15, -0.1) is 0 Å². The Bertz CT molecular complexity index is 703. The van der Waals surface area contributed by atoms with Gasteiger partial charge in [-0.05, 0) is 46.1 Å². The van der Waals surface area contributed by atoms with Crippen molar-refractivity contribution in [3.8, 4) is 16.9 Å². The minimum Gasteiger partial charge on any atom is -0.483 e. The van der Waals surface area contributed by atoms with Crippen LogP contribution in [0, 0.1) is 0 Å². The van der Waals surface area contributed by atoms with Crippen molar-refractivity contribution in [2.45, 2.75) is 13.0 Å². The Labute approximate surface area is 142 Å². The van der Waals surface area contributed by atoms with E-state index in [0.717, 1.165) is 15.6 Å². The zero-order valence-corrected chi connectivity index (χ0v) is 14.0. The quantitative estimate of drug-likeness (QED) is 0.810. The lowest BCUT2D eigenvalue weighted by Crippen LogP contribution is -2.40. The maximum Gasteiger partial charge on any atom is 0.325 e. The molecule has 0 saturated carbocycles. The summed E-state index contributed by atoms with van der Waals surface area (Å²) in [5, 5.41) is 11.1. The van der Waals surface area contributed by atoms with E-state index in [-0.39, 0.29) is 6.61 Å². The molecule has 0 fully saturated rings. The van der Waals surface area contributed by atoms with Crippen molar-refractivity contribution in [3.05, 3.63) is 53.0 Å². The minimum atomic E-state index is -1.09. The topological polar surface area (TPSA) is 75.6 Å². The van der Waals surface area contributed by atoms with E-state index < -0.39 is 17.9 Å². The molecule has 0 spiro atoms. The highest BCUT2D eigenvalue weighted by Gasteiger charge is 2.14. The van der Waals surface area contributed by atoms with Gasteiger partial charge in [0.1, 0.15) is 11.8 Å². The van der Waals surface area contributed by atoms with Gasteiger partial charge in [-0.25, -0.2) is 0 Å². The normalized spacial score (nSPS) is 11.6. The number of nitrogens with one attached hydrogen (secondary N) is 1. The van der Waals surface area contributed by atoms with Crippen LogP contribution in [0.25, 0.3) is 11.1 Å². The van der Waals surface area contributed by atoms with Crippen LogP contribution in [0.2, 0.25) is 0 Å². The van der Waals surface area contributed by atoms with Crippen LogP contribution in [-0.4, -0.2) is 29.6 Å².